The van der Waals surface area contributed by atoms with Gasteiger partial charge < -0.3 is 4.74 Å². The van der Waals surface area contributed by atoms with Crippen molar-refractivity contribution in [1.82, 2.24) is 0 Å². The van der Waals surface area contributed by atoms with Gasteiger partial charge in [0, 0.05) is 13.0 Å². The van der Waals surface area contributed by atoms with Crippen LogP contribution in [0, 0.1) is 23.7 Å². The van der Waals surface area contributed by atoms with Crippen LogP contribution in [-0.4, -0.2) is 13.2 Å². The maximum atomic E-state index is 5.59. The highest BCUT2D eigenvalue weighted by Gasteiger charge is 2.48. The molecule has 1 heteroatoms. The fourth-order valence-electron chi connectivity index (χ4n) is 3.95. The second-order valence-corrected chi connectivity index (χ2v) is 4.92. The molecule has 0 amide bonds. The molecule has 0 aromatic rings. The Bertz CT molecular complexity index is 159. The number of ether oxygens (including phenoxy) is 1. The first kappa shape index (κ1) is 7.37. The van der Waals surface area contributed by atoms with Gasteiger partial charge in [0.1, 0.15) is 0 Å². The molecule has 0 spiro atoms. The van der Waals surface area contributed by atoms with E-state index in [-0.39, 0.29) is 0 Å². The van der Waals surface area contributed by atoms with Crippen molar-refractivity contribution >= 4 is 0 Å². The van der Waals surface area contributed by atoms with Crippen molar-refractivity contribution in [3.05, 3.63) is 5.92 Å². The Labute approximate surface area is 74.5 Å². The maximum absolute atomic E-state index is 5.59. The van der Waals surface area contributed by atoms with E-state index < -0.39 is 0 Å². The van der Waals surface area contributed by atoms with E-state index >= 15 is 0 Å². The van der Waals surface area contributed by atoms with Gasteiger partial charge in [0.15, 0.2) is 0 Å². The molecule has 4 aliphatic carbocycles. The summed E-state index contributed by atoms with van der Waals surface area (Å²) in [6.45, 7) is 0. The van der Waals surface area contributed by atoms with E-state index in [0.29, 0.717) is 6.10 Å². The van der Waals surface area contributed by atoms with Gasteiger partial charge in [-0.2, -0.15) is 0 Å². The zero-order chi connectivity index (χ0) is 8.13. The summed E-state index contributed by atoms with van der Waals surface area (Å²) >= 11 is 0. The summed E-state index contributed by atoms with van der Waals surface area (Å²) in [5, 5.41) is 0. The molecule has 0 saturated heterocycles. The molecule has 4 saturated carbocycles. The van der Waals surface area contributed by atoms with Gasteiger partial charge in [-0.15, -0.1) is 0 Å². The van der Waals surface area contributed by atoms with Gasteiger partial charge in [0.2, 0.25) is 0 Å². The second kappa shape index (κ2) is 2.47. The number of hydrogen-bond donors (Lipinski definition) is 0. The van der Waals surface area contributed by atoms with E-state index in [1.54, 1.807) is 5.92 Å². The highest BCUT2D eigenvalue weighted by atomic mass is 16.5. The predicted molar refractivity (Wildman–Crippen MR) is 47.6 cm³/mol. The molecule has 1 nitrogen and oxygen atoms in total. The number of methoxy groups -OCH3 is 1. The molecule has 4 bridgehead atoms. The van der Waals surface area contributed by atoms with E-state index in [2.05, 4.69) is 0 Å². The molecule has 1 radical (unpaired) electrons. The first-order valence-corrected chi connectivity index (χ1v) is 5.24. The van der Waals surface area contributed by atoms with Crippen LogP contribution in [-0.2, 0) is 4.74 Å². The van der Waals surface area contributed by atoms with Crippen LogP contribution >= 0.6 is 0 Å². The summed E-state index contributed by atoms with van der Waals surface area (Å²) < 4.78 is 5.59. The van der Waals surface area contributed by atoms with Gasteiger partial charge in [0.05, 0.1) is 6.10 Å². The normalized spacial score (nSPS) is 51.8. The maximum Gasteiger partial charge on any atom is 0.0662 e. The number of rotatable bonds is 1. The van der Waals surface area contributed by atoms with Gasteiger partial charge >= 0.3 is 0 Å². The monoisotopic (exact) mass is 165 g/mol. The summed E-state index contributed by atoms with van der Waals surface area (Å²) in [6.07, 6.45) is 7.78. The minimum atomic E-state index is 0.554. The molecule has 0 N–H and O–H groups in total. The molecular weight excluding hydrogens is 148 g/mol. The molecule has 0 aromatic heterocycles. The van der Waals surface area contributed by atoms with Gasteiger partial charge in [-0.1, -0.05) is 0 Å². The van der Waals surface area contributed by atoms with Crippen molar-refractivity contribution in [1.29, 1.82) is 0 Å². The van der Waals surface area contributed by atoms with Gasteiger partial charge in [-0.25, -0.2) is 0 Å². The highest BCUT2D eigenvalue weighted by Crippen LogP contribution is 2.55. The molecule has 4 fully saturated rings. The Kier molecular flexibility index (Phi) is 1.52. The van der Waals surface area contributed by atoms with E-state index in [0.717, 1.165) is 17.8 Å². The third kappa shape index (κ3) is 0.891. The van der Waals surface area contributed by atoms with Crippen LogP contribution in [0.25, 0.3) is 0 Å². The Morgan fingerprint density at radius 2 is 1.75 bits per heavy atom. The first-order chi connectivity index (χ1) is 5.86. The molecule has 67 valence electrons. The fraction of sp³-hybridized carbons (Fsp3) is 0.909. The zero-order valence-corrected chi connectivity index (χ0v) is 7.75. The standard InChI is InChI=1S/C11H17O/c1-12-11-9-3-7-2-8(5-9)6-10(11)4-7/h7-9,11H,2-6H2,1H3. The van der Waals surface area contributed by atoms with E-state index in [1.807, 2.05) is 7.11 Å². The third-order valence-corrected chi connectivity index (χ3v) is 4.13. The van der Waals surface area contributed by atoms with Crippen molar-refractivity contribution in [2.45, 2.75) is 38.2 Å². The smallest absolute Gasteiger partial charge is 0.0662 e. The molecule has 0 aromatic carbocycles. The van der Waals surface area contributed by atoms with Gasteiger partial charge in [-0.3, -0.25) is 0 Å². The van der Waals surface area contributed by atoms with Crippen LogP contribution in [0.1, 0.15) is 32.1 Å². The lowest BCUT2D eigenvalue weighted by Crippen LogP contribution is -2.47. The molecule has 4 aliphatic rings. The van der Waals surface area contributed by atoms with Crippen LogP contribution in [0.2, 0.25) is 0 Å². The SMILES string of the molecule is COC1[C]2CC3CC(C2)CC1C3. The van der Waals surface area contributed by atoms with Crippen molar-refractivity contribution in [3.8, 4) is 0 Å². The van der Waals surface area contributed by atoms with E-state index in [1.165, 1.54) is 32.1 Å². The molecule has 3 unspecified atom stereocenters. The minimum Gasteiger partial charge on any atom is -0.381 e. The predicted octanol–water partition coefficient (Wildman–Crippen LogP) is 2.42. The lowest BCUT2D eigenvalue weighted by molar-refractivity contribution is -0.0452. The Morgan fingerprint density at radius 1 is 1.08 bits per heavy atom. The van der Waals surface area contributed by atoms with Crippen LogP contribution in [0.3, 0.4) is 0 Å². The third-order valence-electron chi connectivity index (χ3n) is 4.13. The summed E-state index contributed by atoms with van der Waals surface area (Å²) in [7, 11) is 1.89. The topological polar surface area (TPSA) is 9.23 Å². The second-order valence-electron chi connectivity index (χ2n) is 4.92. The Balaban J connectivity index is 1.86. The Hall–Kier alpha value is -0.0400. The van der Waals surface area contributed by atoms with Crippen LogP contribution < -0.4 is 0 Å². The lowest BCUT2D eigenvalue weighted by Gasteiger charge is -2.53. The molecule has 12 heavy (non-hydrogen) atoms. The quantitative estimate of drug-likeness (QED) is 0.580. The minimum absolute atomic E-state index is 0.554. The van der Waals surface area contributed by atoms with Crippen molar-refractivity contribution in [2.24, 2.45) is 17.8 Å². The summed E-state index contributed by atoms with van der Waals surface area (Å²) in [6, 6.07) is 0. The average Bonchev–Trinajstić information content (AvgIpc) is 2.02. The summed E-state index contributed by atoms with van der Waals surface area (Å²) in [5.41, 5.74) is 0. The summed E-state index contributed by atoms with van der Waals surface area (Å²) in [5.74, 6) is 4.74. The van der Waals surface area contributed by atoms with E-state index in [9.17, 15) is 0 Å². The van der Waals surface area contributed by atoms with E-state index in [4.69, 9.17) is 4.74 Å². The zero-order valence-electron chi connectivity index (χ0n) is 7.75. The molecular formula is C11H17O. The van der Waals surface area contributed by atoms with Crippen molar-refractivity contribution < 1.29 is 4.74 Å². The lowest BCUT2D eigenvalue weighted by atomic mass is 9.55. The molecule has 0 heterocycles. The first-order valence-electron chi connectivity index (χ1n) is 5.24. The van der Waals surface area contributed by atoms with Crippen molar-refractivity contribution in [2.75, 3.05) is 7.11 Å². The average molecular weight is 165 g/mol. The molecule has 3 atom stereocenters. The van der Waals surface area contributed by atoms with Gasteiger partial charge in [0.25, 0.3) is 0 Å². The van der Waals surface area contributed by atoms with Crippen molar-refractivity contribution in [3.63, 3.8) is 0 Å². The molecule has 4 rings (SSSR count). The summed E-state index contributed by atoms with van der Waals surface area (Å²) in [4.78, 5) is 0. The highest BCUT2D eigenvalue weighted by molar-refractivity contribution is 5.14. The fourth-order valence-corrected chi connectivity index (χ4v) is 3.95. The van der Waals surface area contributed by atoms with Crippen LogP contribution in [0.4, 0.5) is 0 Å². The Morgan fingerprint density at radius 3 is 2.25 bits per heavy atom. The number of hydrogen-bond acceptors (Lipinski definition) is 1. The largest absolute Gasteiger partial charge is 0.381 e. The van der Waals surface area contributed by atoms with Crippen LogP contribution in [0.5, 0.6) is 0 Å². The van der Waals surface area contributed by atoms with Crippen LogP contribution in [0.15, 0.2) is 0 Å². The van der Waals surface area contributed by atoms with Gasteiger partial charge in [-0.05, 0) is 49.9 Å². The molecule has 0 aliphatic heterocycles.